The van der Waals surface area contributed by atoms with Gasteiger partial charge in [-0.05, 0) is 45.1 Å². The molecule has 136 valence electrons. The predicted octanol–water partition coefficient (Wildman–Crippen LogP) is 2.82. The number of hydrogen-bond donors (Lipinski definition) is 1. The van der Waals surface area contributed by atoms with E-state index in [-0.39, 0.29) is 11.3 Å². The summed E-state index contributed by atoms with van der Waals surface area (Å²) < 4.78 is 3.99. The van der Waals surface area contributed by atoms with E-state index in [9.17, 15) is 4.79 Å². The van der Waals surface area contributed by atoms with Crippen molar-refractivity contribution in [2.24, 2.45) is 11.3 Å². The molecule has 1 saturated carbocycles. The highest BCUT2D eigenvalue weighted by Gasteiger charge is 2.43. The summed E-state index contributed by atoms with van der Waals surface area (Å²) in [5.74, 6) is 1.54. The molecule has 25 heavy (non-hydrogen) atoms. The second kappa shape index (κ2) is 7.02. The number of nitrogens with one attached hydrogen (secondary N) is 1. The molecule has 6 heteroatoms. The molecule has 0 spiro atoms. The molecule has 0 saturated heterocycles. The van der Waals surface area contributed by atoms with E-state index in [1.165, 1.54) is 0 Å². The quantitative estimate of drug-likeness (QED) is 0.801. The van der Waals surface area contributed by atoms with Gasteiger partial charge in [-0.25, -0.2) is 4.98 Å². The SMILES string of the molecule is CCn1nc(CC(C)C)cc1C(=O)NCC1(Cn2ccnc2C)CC1. The van der Waals surface area contributed by atoms with Crippen molar-refractivity contribution in [3.05, 3.63) is 35.7 Å². The Kier molecular flexibility index (Phi) is 4.97. The molecule has 0 unspecified atom stereocenters. The zero-order chi connectivity index (χ0) is 18.0. The van der Waals surface area contributed by atoms with Gasteiger partial charge in [0.2, 0.25) is 0 Å². The summed E-state index contributed by atoms with van der Waals surface area (Å²) in [6.07, 6.45) is 7.05. The molecule has 3 rings (SSSR count). The third-order valence-electron chi connectivity index (χ3n) is 4.99. The van der Waals surface area contributed by atoms with Crippen LogP contribution in [0.15, 0.2) is 18.5 Å². The first-order valence-electron chi connectivity index (χ1n) is 9.25. The topological polar surface area (TPSA) is 64.7 Å². The van der Waals surface area contributed by atoms with E-state index in [4.69, 9.17) is 0 Å². The Labute approximate surface area is 149 Å². The third-order valence-corrected chi connectivity index (χ3v) is 4.99. The predicted molar refractivity (Wildman–Crippen MR) is 97.4 cm³/mol. The largest absolute Gasteiger partial charge is 0.350 e. The van der Waals surface area contributed by atoms with Gasteiger partial charge in [-0.2, -0.15) is 5.10 Å². The molecule has 0 aliphatic heterocycles. The monoisotopic (exact) mass is 343 g/mol. The molecular weight excluding hydrogens is 314 g/mol. The Balaban J connectivity index is 1.62. The summed E-state index contributed by atoms with van der Waals surface area (Å²) in [6.45, 7) is 10.7. The second-order valence-electron chi connectivity index (χ2n) is 7.72. The number of carbonyl (C=O) groups excluding carboxylic acids is 1. The fraction of sp³-hybridized carbons (Fsp3) is 0.632. The van der Waals surface area contributed by atoms with Crippen LogP contribution in [0.25, 0.3) is 0 Å². The lowest BCUT2D eigenvalue weighted by molar-refractivity contribution is 0.0932. The van der Waals surface area contributed by atoms with Gasteiger partial charge in [-0.3, -0.25) is 9.48 Å². The molecule has 2 heterocycles. The van der Waals surface area contributed by atoms with E-state index in [0.717, 1.165) is 37.3 Å². The van der Waals surface area contributed by atoms with Crippen LogP contribution >= 0.6 is 0 Å². The lowest BCUT2D eigenvalue weighted by Crippen LogP contribution is -2.33. The van der Waals surface area contributed by atoms with Crippen LogP contribution in [0.5, 0.6) is 0 Å². The molecule has 2 aromatic heterocycles. The third kappa shape index (κ3) is 4.11. The van der Waals surface area contributed by atoms with Crippen LogP contribution in [0.4, 0.5) is 0 Å². The summed E-state index contributed by atoms with van der Waals surface area (Å²) in [7, 11) is 0. The lowest BCUT2D eigenvalue weighted by Gasteiger charge is -2.17. The summed E-state index contributed by atoms with van der Waals surface area (Å²) in [5.41, 5.74) is 1.85. The number of nitrogens with zero attached hydrogens (tertiary/aromatic N) is 4. The molecule has 0 radical (unpaired) electrons. The average molecular weight is 343 g/mol. The van der Waals surface area contributed by atoms with Crippen LogP contribution in [0.1, 0.15) is 55.6 Å². The first-order valence-corrected chi connectivity index (χ1v) is 9.25. The maximum absolute atomic E-state index is 12.7. The first-order chi connectivity index (χ1) is 11.9. The van der Waals surface area contributed by atoms with Crippen molar-refractivity contribution in [3.63, 3.8) is 0 Å². The highest BCUT2D eigenvalue weighted by atomic mass is 16.2. The molecule has 0 atom stereocenters. The normalized spacial score (nSPS) is 15.6. The van der Waals surface area contributed by atoms with Gasteiger partial charge in [-0.1, -0.05) is 13.8 Å². The van der Waals surface area contributed by atoms with E-state index in [0.29, 0.717) is 24.7 Å². The van der Waals surface area contributed by atoms with Gasteiger partial charge in [0.25, 0.3) is 5.91 Å². The van der Waals surface area contributed by atoms with E-state index in [1.807, 2.05) is 37.0 Å². The van der Waals surface area contributed by atoms with Gasteiger partial charge < -0.3 is 9.88 Å². The molecular formula is C19H29N5O. The number of hydrogen-bond acceptors (Lipinski definition) is 3. The molecule has 0 bridgehead atoms. The van der Waals surface area contributed by atoms with Crippen LogP contribution in [-0.2, 0) is 19.5 Å². The zero-order valence-corrected chi connectivity index (χ0v) is 15.7. The fourth-order valence-electron chi connectivity index (χ4n) is 3.27. The summed E-state index contributed by atoms with van der Waals surface area (Å²) in [5, 5.41) is 7.71. The molecule has 2 aromatic rings. The van der Waals surface area contributed by atoms with Gasteiger partial charge in [0.15, 0.2) is 0 Å². The molecule has 1 aliphatic carbocycles. The highest BCUT2D eigenvalue weighted by Crippen LogP contribution is 2.46. The Morgan fingerprint density at radius 3 is 2.72 bits per heavy atom. The average Bonchev–Trinajstić information content (AvgIpc) is 3.03. The van der Waals surface area contributed by atoms with Gasteiger partial charge in [0, 0.05) is 37.4 Å². The lowest BCUT2D eigenvalue weighted by atomic mass is 10.1. The van der Waals surface area contributed by atoms with E-state index in [2.05, 4.69) is 33.8 Å². The number of imidazole rings is 1. The minimum Gasteiger partial charge on any atom is -0.350 e. The zero-order valence-electron chi connectivity index (χ0n) is 15.7. The van der Waals surface area contributed by atoms with Crippen molar-refractivity contribution >= 4 is 5.91 Å². The van der Waals surface area contributed by atoms with E-state index >= 15 is 0 Å². The van der Waals surface area contributed by atoms with Gasteiger partial charge in [-0.15, -0.1) is 0 Å². The van der Waals surface area contributed by atoms with Crippen molar-refractivity contribution in [2.45, 2.75) is 60.0 Å². The van der Waals surface area contributed by atoms with Crippen molar-refractivity contribution < 1.29 is 4.79 Å². The van der Waals surface area contributed by atoms with Crippen LogP contribution in [0.3, 0.4) is 0 Å². The maximum Gasteiger partial charge on any atom is 0.269 e. The van der Waals surface area contributed by atoms with E-state index in [1.54, 1.807) is 0 Å². The van der Waals surface area contributed by atoms with Crippen LogP contribution in [0.2, 0.25) is 0 Å². The highest BCUT2D eigenvalue weighted by molar-refractivity contribution is 5.92. The Hall–Kier alpha value is -2.11. The van der Waals surface area contributed by atoms with Crippen LogP contribution in [0, 0.1) is 18.3 Å². The summed E-state index contributed by atoms with van der Waals surface area (Å²) in [4.78, 5) is 17.0. The number of aromatic nitrogens is 4. The van der Waals surface area contributed by atoms with Gasteiger partial charge in [0.1, 0.15) is 11.5 Å². The van der Waals surface area contributed by atoms with Crippen LogP contribution < -0.4 is 5.32 Å². The smallest absolute Gasteiger partial charge is 0.269 e. The van der Waals surface area contributed by atoms with Crippen molar-refractivity contribution in [1.82, 2.24) is 24.6 Å². The van der Waals surface area contributed by atoms with Gasteiger partial charge >= 0.3 is 0 Å². The summed E-state index contributed by atoms with van der Waals surface area (Å²) >= 11 is 0. The van der Waals surface area contributed by atoms with E-state index < -0.39 is 0 Å². The minimum atomic E-state index is -0.0158. The number of aryl methyl sites for hydroxylation is 2. The summed E-state index contributed by atoms with van der Waals surface area (Å²) in [6, 6.07) is 1.94. The number of rotatable bonds is 8. The van der Waals surface area contributed by atoms with Crippen LogP contribution in [-0.4, -0.2) is 31.8 Å². The molecule has 1 N–H and O–H groups in total. The first kappa shape index (κ1) is 17.7. The standard InChI is InChI=1S/C19H29N5O/c1-5-24-17(11-16(22-24)10-14(2)3)18(25)21-12-19(6-7-19)13-23-9-8-20-15(23)4/h8-9,11,14H,5-7,10,12-13H2,1-4H3,(H,21,25). The van der Waals surface area contributed by atoms with Crippen molar-refractivity contribution in [1.29, 1.82) is 0 Å². The van der Waals surface area contributed by atoms with Crippen molar-refractivity contribution in [2.75, 3.05) is 6.54 Å². The Morgan fingerprint density at radius 1 is 1.40 bits per heavy atom. The maximum atomic E-state index is 12.7. The Morgan fingerprint density at radius 2 is 2.16 bits per heavy atom. The second-order valence-corrected chi connectivity index (χ2v) is 7.72. The molecule has 6 nitrogen and oxygen atoms in total. The van der Waals surface area contributed by atoms with Gasteiger partial charge in [0.05, 0.1) is 5.69 Å². The molecule has 1 amide bonds. The molecule has 1 fully saturated rings. The number of carbonyl (C=O) groups is 1. The molecule has 0 aromatic carbocycles. The minimum absolute atomic E-state index is 0.0158. The fourth-order valence-corrected chi connectivity index (χ4v) is 3.27. The van der Waals surface area contributed by atoms with Crippen molar-refractivity contribution in [3.8, 4) is 0 Å². The molecule has 1 aliphatic rings. The Bertz CT molecular complexity index is 739. The number of amides is 1.